The number of esters is 1. The summed E-state index contributed by atoms with van der Waals surface area (Å²) < 4.78 is 4.53. The van der Waals surface area contributed by atoms with Crippen LogP contribution in [0.4, 0.5) is 0 Å². The summed E-state index contributed by atoms with van der Waals surface area (Å²) in [5.41, 5.74) is 0. The van der Waals surface area contributed by atoms with Gasteiger partial charge in [0.15, 0.2) is 0 Å². The quantitative estimate of drug-likeness (QED) is 0.530. The first kappa shape index (κ1) is 8.49. The largest absolute Gasteiger partial charge is 0.469 e. The summed E-state index contributed by atoms with van der Waals surface area (Å²) in [6, 6.07) is 0.121. The maximum Gasteiger partial charge on any atom is 0.307 e. The Morgan fingerprint density at radius 3 is 3.18 bits per heavy atom. The lowest BCUT2D eigenvalue weighted by molar-refractivity contribution is -0.141. The van der Waals surface area contributed by atoms with E-state index in [-0.39, 0.29) is 12.0 Å². The fourth-order valence-electron chi connectivity index (χ4n) is 1.07. The SMILES string of the molecule is COC(=O)CC1CNCC[N]1. The lowest BCUT2D eigenvalue weighted by atomic mass is 10.2. The number of carbonyl (C=O) groups excluding carboxylic acids is 1. The van der Waals surface area contributed by atoms with E-state index in [9.17, 15) is 4.79 Å². The molecule has 4 heteroatoms. The van der Waals surface area contributed by atoms with Crippen LogP contribution >= 0.6 is 0 Å². The van der Waals surface area contributed by atoms with E-state index in [0.717, 1.165) is 19.6 Å². The third-order valence-corrected chi connectivity index (χ3v) is 1.69. The molecule has 1 aliphatic rings. The zero-order valence-electron chi connectivity index (χ0n) is 6.67. The van der Waals surface area contributed by atoms with Gasteiger partial charge in [0.2, 0.25) is 0 Å². The average Bonchev–Trinajstić information content (AvgIpc) is 2.06. The molecule has 1 heterocycles. The second-order valence-electron chi connectivity index (χ2n) is 2.54. The van der Waals surface area contributed by atoms with Crippen LogP contribution in [0.15, 0.2) is 0 Å². The maximum absolute atomic E-state index is 10.8. The van der Waals surface area contributed by atoms with Crippen molar-refractivity contribution in [2.45, 2.75) is 12.5 Å². The lowest BCUT2D eigenvalue weighted by Crippen LogP contribution is -2.45. The minimum atomic E-state index is -0.178. The molecule has 1 atom stereocenters. The Kier molecular flexibility index (Phi) is 3.32. The normalized spacial score (nSPS) is 24.6. The fraction of sp³-hybridized carbons (Fsp3) is 0.857. The number of nitrogens with one attached hydrogen (secondary N) is 1. The van der Waals surface area contributed by atoms with Crippen LogP contribution in [0.2, 0.25) is 0 Å². The number of rotatable bonds is 2. The molecule has 0 aromatic heterocycles. The minimum absolute atomic E-state index is 0.121. The van der Waals surface area contributed by atoms with Crippen LogP contribution in [0.5, 0.6) is 0 Å². The van der Waals surface area contributed by atoms with Gasteiger partial charge in [-0.2, -0.15) is 0 Å². The highest BCUT2D eigenvalue weighted by molar-refractivity contribution is 5.69. The molecule has 1 saturated heterocycles. The van der Waals surface area contributed by atoms with Gasteiger partial charge in [-0.1, -0.05) is 0 Å². The van der Waals surface area contributed by atoms with Crippen LogP contribution in [0.3, 0.4) is 0 Å². The molecule has 1 unspecified atom stereocenters. The number of carbonyl (C=O) groups is 1. The summed E-state index contributed by atoms with van der Waals surface area (Å²) in [4.78, 5) is 10.8. The number of ether oxygens (including phenoxy) is 1. The fourth-order valence-corrected chi connectivity index (χ4v) is 1.07. The first-order chi connectivity index (χ1) is 5.33. The van der Waals surface area contributed by atoms with Crippen molar-refractivity contribution >= 4 is 5.97 Å². The Hall–Kier alpha value is -0.610. The molecule has 0 saturated carbocycles. The molecule has 0 aliphatic carbocycles. The number of hydrogen-bond donors (Lipinski definition) is 1. The van der Waals surface area contributed by atoms with Gasteiger partial charge in [-0.3, -0.25) is 4.79 Å². The molecular weight excluding hydrogens is 144 g/mol. The number of methoxy groups -OCH3 is 1. The molecule has 1 N–H and O–H groups in total. The van der Waals surface area contributed by atoms with Crippen LogP contribution in [0.25, 0.3) is 0 Å². The summed E-state index contributed by atoms with van der Waals surface area (Å²) in [5.74, 6) is -0.178. The maximum atomic E-state index is 10.8. The molecular formula is C7H13N2O2. The van der Waals surface area contributed by atoms with Gasteiger partial charge >= 0.3 is 5.97 Å². The summed E-state index contributed by atoms with van der Waals surface area (Å²) in [6.07, 6.45) is 0.406. The van der Waals surface area contributed by atoms with Crippen LogP contribution in [0, 0.1) is 0 Å². The van der Waals surface area contributed by atoms with Crippen molar-refractivity contribution in [3.8, 4) is 0 Å². The standard InChI is InChI=1S/C7H13N2O2/c1-11-7(10)4-6-5-8-2-3-9-6/h6,8H,2-5H2,1H3. The van der Waals surface area contributed by atoms with Gasteiger partial charge in [-0.25, -0.2) is 5.32 Å². The summed E-state index contributed by atoms with van der Waals surface area (Å²) in [6.45, 7) is 2.54. The summed E-state index contributed by atoms with van der Waals surface area (Å²) >= 11 is 0. The van der Waals surface area contributed by atoms with Gasteiger partial charge < -0.3 is 10.1 Å². The molecule has 4 nitrogen and oxygen atoms in total. The van der Waals surface area contributed by atoms with Crippen LogP contribution in [0.1, 0.15) is 6.42 Å². The Bertz CT molecular complexity index is 132. The number of piperazine rings is 1. The monoisotopic (exact) mass is 157 g/mol. The molecule has 1 aliphatic heterocycles. The highest BCUT2D eigenvalue weighted by Crippen LogP contribution is 1.96. The van der Waals surface area contributed by atoms with Crippen molar-refractivity contribution < 1.29 is 9.53 Å². The topological polar surface area (TPSA) is 52.4 Å². The molecule has 0 amide bonds. The van der Waals surface area contributed by atoms with E-state index in [1.807, 2.05) is 0 Å². The third kappa shape index (κ3) is 2.86. The summed E-state index contributed by atoms with van der Waals surface area (Å²) in [5, 5.41) is 7.42. The van der Waals surface area contributed by atoms with Gasteiger partial charge in [0.25, 0.3) is 0 Å². The predicted octanol–water partition coefficient (Wildman–Crippen LogP) is -0.874. The van der Waals surface area contributed by atoms with E-state index < -0.39 is 0 Å². The van der Waals surface area contributed by atoms with Gasteiger partial charge in [-0.05, 0) is 0 Å². The second-order valence-corrected chi connectivity index (χ2v) is 2.54. The van der Waals surface area contributed by atoms with E-state index in [0.29, 0.717) is 6.42 Å². The summed E-state index contributed by atoms with van der Waals surface area (Å²) in [7, 11) is 1.40. The molecule has 1 radical (unpaired) electrons. The first-order valence-corrected chi connectivity index (χ1v) is 3.77. The predicted molar refractivity (Wildman–Crippen MR) is 40.3 cm³/mol. The van der Waals surface area contributed by atoms with E-state index in [1.54, 1.807) is 0 Å². The lowest BCUT2D eigenvalue weighted by Gasteiger charge is -2.21. The van der Waals surface area contributed by atoms with Crippen LogP contribution < -0.4 is 10.6 Å². The van der Waals surface area contributed by atoms with Crippen molar-refractivity contribution in [1.82, 2.24) is 10.6 Å². The van der Waals surface area contributed by atoms with Gasteiger partial charge in [0.05, 0.1) is 13.5 Å². The first-order valence-electron chi connectivity index (χ1n) is 3.77. The Morgan fingerprint density at radius 1 is 1.82 bits per heavy atom. The van der Waals surface area contributed by atoms with Gasteiger partial charge in [0.1, 0.15) is 0 Å². The van der Waals surface area contributed by atoms with E-state index >= 15 is 0 Å². The Labute approximate surface area is 66.3 Å². The van der Waals surface area contributed by atoms with Crippen molar-refractivity contribution in [1.29, 1.82) is 0 Å². The molecule has 1 rings (SSSR count). The van der Waals surface area contributed by atoms with Crippen molar-refractivity contribution in [2.75, 3.05) is 26.7 Å². The smallest absolute Gasteiger partial charge is 0.307 e. The Balaban J connectivity index is 2.19. The number of hydrogen-bond acceptors (Lipinski definition) is 3. The molecule has 11 heavy (non-hydrogen) atoms. The second kappa shape index (κ2) is 4.31. The van der Waals surface area contributed by atoms with Crippen LogP contribution in [-0.2, 0) is 9.53 Å². The highest BCUT2D eigenvalue weighted by atomic mass is 16.5. The minimum Gasteiger partial charge on any atom is -0.469 e. The molecule has 1 fully saturated rings. The van der Waals surface area contributed by atoms with Crippen molar-refractivity contribution in [3.63, 3.8) is 0 Å². The molecule has 0 aromatic carbocycles. The van der Waals surface area contributed by atoms with Gasteiger partial charge in [0, 0.05) is 25.7 Å². The zero-order chi connectivity index (χ0) is 8.10. The third-order valence-electron chi connectivity index (χ3n) is 1.69. The zero-order valence-corrected chi connectivity index (χ0v) is 6.67. The van der Waals surface area contributed by atoms with Gasteiger partial charge in [-0.15, -0.1) is 0 Å². The Morgan fingerprint density at radius 2 is 2.64 bits per heavy atom. The van der Waals surface area contributed by atoms with E-state index in [1.165, 1.54) is 7.11 Å². The van der Waals surface area contributed by atoms with Crippen molar-refractivity contribution in [2.24, 2.45) is 0 Å². The molecule has 0 spiro atoms. The van der Waals surface area contributed by atoms with Crippen molar-refractivity contribution in [3.05, 3.63) is 0 Å². The highest BCUT2D eigenvalue weighted by Gasteiger charge is 2.16. The average molecular weight is 157 g/mol. The van der Waals surface area contributed by atoms with E-state index in [2.05, 4.69) is 15.4 Å². The molecule has 0 aromatic rings. The molecule has 63 valence electrons. The molecule has 0 bridgehead atoms. The van der Waals surface area contributed by atoms with E-state index in [4.69, 9.17) is 0 Å². The number of nitrogens with zero attached hydrogens (tertiary/aromatic N) is 1. The van der Waals surface area contributed by atoms with Crippen LogP contribution in [-0.4, -0.2) is 38.8 Å².